The Morgan fingerprint density at radius 1 is 0.976 bits per heavy atom. The highest BCUT2D eigenvalue weighted by molar-refractivity contribution is 7.89. The minimum Gasteiger partial charge on any atom is -0.494 e. The SMILES string of the molecule is CN1CCC(NS(=O)(=O)c2ccc3[nH]c(O)c(C(=Nc4ccc(CN5CCCC5)cc4)c4ccccc4)c3c2)CC1. The van der Waals surface area contributed by atoms with E-state index in [0.717, 1.165) is 56.8 Å². The van der Waals surface area contributed by atoms with E-state index in [-0.39, 0.29) is 16.8 Å². The lowest BCUT2D eigenvalue weighted by Crippen LogP contribution is -2.43. The van der Waals surface area contributed by atoms with E-state index in [0.29, 0.717) is 22.2 Å². The molecule has 0 saturated carbocycles. The van der Waals surface area contributed by atoms with Gasteiger partial charge in [0.25, 0.3) is 0 Å². The Morgan fingerprint density at radius 3 is 2.39 bits per heavy atom. The van der Waals surface area contributed by atoms with Crippen LogP contribution in [0.1, 0.15) is 42.4 Å². The molecule has 0 unspecified atom stereocenters. The first-order valence-electron chi connectivity index (χ1n) is 14.4. The molecule has 6 rings (SSSR count). The van der Waals surface area contributed by atoms with Gasteiger partial charge in [-0.2, -0.15) is 0 Å². The molecule has 1 aromatic heterocycles. The molecule has 2 saturated heterocycles. The number of aromatic amines is 1. The molecule has 0 radical (unpaired) electrons. The van der Waals surface area contributed by atoms with Crippen molar-refractivity contribution in [1.82, 2.24) is 19.5 Å². The van der Waals surface area contributed by atoms with Crippen molar-refractivity contribution < 1.29 is 13.5 Å². The minimum atomic E-state index is -3.75. The smallest absolute Gasteiger partial charge is 0.240 e. The number of H-pyrrole nitrogens is 1. The summed E-state index contributed by atoms with van der Waals surface area (Å²) in [4.78, 5) is 12.9. The lowest BCUT2D eigenvalue weighted by atomic mass is 10.0. The van der Waals surface area contributed by atoms with Crippen LogP contribution in [0, 0.1) is 0 Å². The molecule has 0 atom stereocenters. The molecule has 2 fully saturated rings. The predicted octanol–water partition coefficient (Wildman–Crippen LogP) is 5.01. The van der Waals surface area contributed by atoms with E-state index < -0.39 is 10.0 Å². The van der Waals surface area contributed by atoms with Crippen molar-refractivity contribution in [3.05, 3.63) is 89.5 Å². The Morgan fingerprint density at radius 2 is 1.68 bits per heavy atom. The van der Waals surface area contributed by atoms with E-state index >= 15 is 0 Å². The Kier molecular flexibility index (Phi) is 7.94. The molecule has 9 heteroatoms. The van der Waals surface area contributed by atoms with E-state index in [1.807, 2.05) is 49.5 Å². The van der Waals surface area contributed by atoms with Crippen molar-refractivity contribution in [3.63, 3.8) is 0 Å². The van der Waals surface area contributed by atoms with Crippen molar-refractivity contribution >= 4 is 32.3 Å². The van der Waals surface area contributed by atoms with Gasteiger partial charge in [-0.15, -0.1) is 0 Å². The molecule has 3 aromatic carbocycles. The van der Waals surface area contributed by atoms with E-state index in [1.165, 1.54) is 18.4 Å². The summed E-state index contributed by atoms with van der Waals surface area (Å²) in [6.07, 6.45) is 4.06. The second-order valence-corrected chi connectivity index (χ2v) is 12.9. The number of aromatic nitrogens is 1. The fourth-order valence-electron chi connectivity index (χ4n) is 5.84. The fraction of sp³-hybridized carbons (Fsp3) is 0.344. The summed E-state index contributed by atoms with van der Waals surface area (Å²) in [6.45, 7) is 4.93. The Labute approximate surface area is 241 Å². The van der Waals surface area contributed by atoms with Crippen LogP contribution in [-0.2, 0) is 16.6 Å². The maximum Gasteiger partial charge on any atom is 0.240 e. The van der Waals surface area contributed by atoms with Gasteiger partial charge in [0.2, 0.25) is 10.0 Å². The standard InChI is InChI=1S/C32H37N5O3S/c1-36-19-15-26(16-20-36)35-41(39,40)27-13-14-29-28(21-27)30(32(38)34-29)31(24-7-3-2-4-8-24)33-25-11-9-23(10-12-25)22-37-17-5-6-18-37/h2-4,7-14,21,26,34-35,38H,5-6,15-20,22H2,1H3. The zero-order valence-electron chi connectivity index (χ0n) is 23.4. The second-order valence-electron chi connectivity index (χ2n) is 11.2. The van der Waals surface area contributed by atoms with Gasteiger partial charge in [-0.3, -0.25) is 4.90 Å². The number of aliphatic imine (C=N–C) groups is 1. The number of piperidine rings is 1. The van der Waals surface area contributed by atoms with E-state index in [9.17, 15) is 13.5 Å². The Bertz CT molecular complexity index is 1630. The van der Waals surface area contributed by atoms with E-state index in [1.54, 1.807) is 18.2 Å². The maximum absolute atomic E-state index is 13.4. The molecular weight excluding hydrogens is 534 g/mol. The summed E-state index contributed by atoms with van der Waals surface area (Å²) in [7, 11) is -1.70. The third-order valence-electron chi connectivity index (χ3n) is 8.17. The quantitative estimate of drug-likeness (QED) is 0.258. The summed E-state index contributed by atoms with van der Waals surface area (Å²) in [5.74, 6) is -0.0499. The number of fused-ring (bicyclic) bond motifs is 1. The highest BCUT2D eigenvalue weighted by atomic mass is 32.2. The highest BCUT2D eigenvalue weighted by Crippen LogP contribution is 2.33. The van der Waals surface area contributed by atoms with Crippen LogP contribution in [0.25, 0.3) is 10.9 Å². The number of hydrogen-bond acceptors (Lipinski definition) is 6. The van der Waals surface area contributed by atoms with Gasteiger partial charge in [0.1, 0.15) is 0 Å². The predicted molar refractivity (Wildman–Crippen MR) is 163 cm³/mol. The normalized spacial score (nSPS) is 17.9. The monoisotopic (exact) mass is 571 g/mol. The third-order valence-corrected chi connectivity index (χ3v) is 9.69. The van der Waals surface area contributed by atoms with Crippen LogP contribution in [-0.4, -0.2) is 73.3 Å². The molecular formula is C32H37N5O3S. The number of nitrogens with one attached hydrogen (secondary N) is 2. The Hall–Kier alpha value is -3.50. The molecule has 3 N–H and O–H groups in total. The van der Waals surface area contributed by atoms with Gasteiger partial charge < -0.3 is 15.0 Å². The molecule has 2 aliphatic rings. The molecule has 0 aliphatic carbocycles. The number of nitrogens with zero attached hydrogens (tertiary/aromatic N) is 3. The first-order chi connectivity index (χ1) is 19.9. The Balaban J connectivity index is 1.37. The van der Waals surface area contributed by atoms with Crippen molar-refractivity contribution in [2.45, 2.75) is 43.2 Å². The molecule has 214 valence electrons. The largest absolute Gasteiger partial charge is 0.494 e. The summed E-state index contributed by atoms with van der Waals surface area (Å²) < 4.78 is 29.7. The minimum absolute atomic E-state index is 0.0499. The third kappa shape index (κ3) is 6.23. The highest BCUT2D eigenvalue weighted by Gasteiger charge is 2.25. The van der Waals surface area contributed by atoms with E-state index in [2.05, 4.69) is 31.6 Å². The molecule has 3 heterocycles. The lowest BCUT2D eigenvalue weighted by Gasteiger charge is -2.29. The van der Waals surface area contributed by atoms with Gasteiger partial charge in [-0.05, 0) is 94.8 Å². The number of benzene rings is 3. The second kappa shape index (κ2) is 11.8. The van der Waals surface area contributed by atoms with Gasteiger partial charge >= 0.3 is 0 Å². The van der Waals surface area contributed by atoms with Crippen LogP contribution in [0.15, 0.2) is 82.7 Å². The summed E-state index contributed by atoms with van der Waals surface area (Å²) >= 11 is 0. The van der Waals surface area contributed by atoms with Crippen LogP contribution >= 0.6 is 0 Å². The van der Waals surface area contributed by atoms with Gasteiger partial charge in [-0.1, -0.05) is 42.5 Å². The first kappa shape index (κ1) is 27.7. The number of hydrogen-bond donors (Lipinski definition) is 3. The number of aromatic hydroxyl groups is 1. The van der Waals surface area contributed by atoms with Crippen molar-refractivity contribution in [3.8, 4) is 5.88 Å². The van der Waals surface area contributed by atoms with Crippen LogP contribution in [0.3, 0.4) is 0 Å². The topological polar surface area (TPSA) is 101 Å². The van der Waals surface area contributed by atoms with Crippen molar-refractivity contribution in [2.75, 3.05) is 33.2 Å². The van der Waals surface area contributed by atoms with Crippen LogP contribution < -0.4 is 4.72 Å². The van der Waals surface area contributed by atoms with E-state index in [4.69, 9.17) is 4.99 Å². The van der Waals surface area contributed by atoms with Gasteiger partial charge in [0.15, 0.2) is 5.88 Å². The number of sulfonamides is 1. The van der Waals surface area contributed by atoms with Crippen LogP contribution in [0.4, 0.5) is 5.69 Å². The molecule has 2 aliphatic heterocycles. The lowest BCUT2D eigenvalue weighted by molar-refractivity contribution is 0.248. The first-order valence-corrected chi connectivity index (χ1v) is 15.9. The average Bonchev–Trinajstić information content (AvgIpc) is 3.60. The molecule has 41 heavy (non-hydrogen) atoms. The molecule has 0 amide bonds. The van der Waals surface area contributed by atoms with Crippen molar-refractivity contribution in [2.24, 2.45) is 4.99 Å². The summed E-state index contributed by atoms with van der Waals surface area (Å²) in [5.41, 5.74) is 4.51. The number of rotatable bonds is 8. The maximum atomic E-state index is 13.4. The number of likely N-dealkylation sites (tertiary alicyclic amines) is 2. The zero-order chi connectivity index (χ0) is 28.4. The average molecular weight is 572 g/mol. The van der Waals surface area contributed by atoms with Gasteiger partial charge in [0.05, 0.1) is 21.9 Å². The summed E-state index contributed by atoms with van der Waals surface area (Å²) in [6, 6.07) is 22.7. The molecule has 0 spiro atoms. The van der Waals surface area contributed by atoms with Gasteiger partial charge in [0, 0.05) is 29.1 Å². The zero-order valence-corrected chi connectivity index (χ0v) is 24.2. The molecule has 0 bridgehead atoms. The van der Waals surface area contributed by atoms with Crippen LogP contribution in [0.2, 0.25) is 0 Å². The fourth-order valence-corrected chi connectivity index (χ4v) is 7.17. The molecule has 4 aromatic rings. The van der Waals surface area contributed by atoms with Crippen molar-refractivity contribution in [1.29, 1.82) is 0 Å². The molecule has 8 nitrogen and oxygen atoms in total. The van der Waals surface area contributed by atoms with Crippen LogP contribution in [0.5, 0.6) is 5.88 Å². The van der Waals surface area contributed by atoms with Gasteiger partial charge in [-0.25, -0.2) is 18.1 Å². The summed E-state index contributed by atoms with van der Waals surface area (Å²) in [5, 5.41) is 11.7.